The first-order valence-electron chi connectivity index (χ1n) is 4.76. The first-order chi connectivity index (χ1) is 7.22. The average Bonchev–Trinajstić information content (AvgIpc) is 2.25. The number of esters is 1. The quantitative estimate of drug-likeness (QED) is 0.554. The maximum atomic E-state index is 10.6. The first-order valence-corrected chi connectivity index (χ1v) is 4.76. The monoisotopic (exact) mass is 203 g/mol. The average molecular weight is 203 g/mol. The summed E-state index contributed by atoms with van der Waals surface area (Å²) in [5.41, 5.74) is 1.09. The molecule has 0 saturated carbocycles. The molecule has 0 saturated heterocycles. The normalized spacial score (nSPS) is 11.5. The first kappa shape index (κ1) is 11.3. The maximum absolute atomic E-state index is 10.6. The van der Waals surface area contributed by atoms with E-state index >= 15 is 0 Å². The molecule has 3 heteroatoms. The fraction of sp³-hybridized carbons (Fsp3) is 0.333. The summed E-state index contributed by atoms with van der Waals surface area (Å²) in [7, 11) is 0. The van der Waals surface area contributed by atoms with Crippen molar-refractivity contribution in [3.63, 3.8) is 0 Å². The Morgan fingerprint density at radius 3 is 2.67 bits per heavy atom. The van der Waals surface area contributed by atoms with Crippen LogP contribution in [0.15, 0.2) is 30.3 Å². The van der Waals surface area contributed by atoms with E-state index in [2.05, 4.69) is 4.85 Å². The molecule has 0 N–H and O–H groups in total. The molecule has 15 heavy (non-hydrogen) atoms. The van der Waals surface area contributed by atoms with Gasteiger partial charge in [0.1, 0.15) is 0 Å². The Morgan fingerprint density at radius 1 is 1.47 bits per heavy atom. The highest BCUT2D eigenvalue weighted by Gasteiger charge is 2.14. The molecule has 0 aliphatic heterocycles. The maximum Gasteiger partial charge on any atom is 0.302 e. The summed E-state index contributed by atoms with van der Waals surface area (Å²) in [5, 5.41) is 0. The minimum Gasteiger partial charge on any atom is -0.458 e. The van der Waals surface area contributed by atoms with Gasteiger partial charge in [-0.05, 0) is 5.56 Å². The second-order valence-electron chi connectivity index (χ2n) is 3.28. The van der Waals surface area contributed by atoms with Crippen molar-refractivity contribution >= 4 is 5.97 Å². The molecule has 0 amide bonds. The number of carbonyl (C=O) groups is 1. The zero-order chi connectivity index (χ0) is 11.1. The number of benzene rings is 1. The lowest BCUT2D eigenvalue weighted by atomic mass is 10.1. The minimum atomic E-state index is -0.336. The van der Waals surface area contributed by atoms with Gasteiger partial charge < -0.3 is 9.58 Å². The lowest BCUT2D eigenvalue weighted by Crippen LogP contribution is -2.16. The van der Waals surface area contributed by atoms with Gasteiger partial charge in [-0.1, -0.05) is 30.3 Å². The van der Waals surface area contributed by atoms with E-state index in [4.69, 9.17) is 11.3 Å². The number of hydrogen-bond acceptors (Lipinski definition) is 2. The zero-order valence-corrected chi connectivity index (χ0v) is 8.64. The van der Waals surface area contributed by atoms with Crippen LogP contribution in [0.2, 0.25) is 0 Å². The van der Waals surface area contributed by atoms with Crippen LogP contribution in [0.3, 0.4) is 0 Å². The Labute approximate surface area is 89.5 Å². The summed E-state index contributed by atoms with van der Waals surface area (Å²) in [4.78, 5) is 14.0. The third kappa shape index (κ3) is 4.28. The van der Waals surface area contributed by atoms with E-state index in [9.17, 15) is 4.79 Å². The summed E-state index contributed by atoms with van der Waals surface area (Å²) in [6, 6.07) is 9.45. The number of rotatable bonds is 4. The van der Waals surface area contributed by atoms with E-state index in [0.717, 1.165) is 5.56 Å². The van der Waals surface area contributed by atoms with Crippen LogP contribution in [0.5, 0.6) is 0 Å². The van der Waals surface area contributed by atoms with Gasteiger partial charge in [0.2, 0.25) is 0 Å². The highest BCUT2D eigenvalue weighted by Crippen LogP contribution is 2.06. The highest BCUT2D eigenvalue weighted by molar-refractivity contribution is 5.65. The van der Waals surface area contributed by atoms with Crippen LogP contribution in [0, 0.1) is 6.57 Å². The number of ether oxygens (including phenoxy) is 1. The van der Waals surface area contributed by atoms with E-state index < -0.39 is 0 Å². The largest absolute Gasteiger partial charge is 0.458 e. The zero-order valence-electron chi connectivity index (χ0n) is 8.64. The highest BCUT2D eigenvalue weighted by atomic mass is 16.5. The van der Waals surface area contributed by atoms with Gasteiger partial charge in [0.25, 0.3) is 6.04 Å². The van der Waals surface area contributed by atoms with Crippen molar-refractivity contribution in [1.82, 2.24) is 0 Å². The lowest BCUT2D eigenvalue weighted by Gasteiger charge is -2.05. The molecular formula is C12H13NO2. The third-order valence-corrected chi connectivity index (χ3v) is 1.98. The lowest BCUT2D eigenvalue weighted by molar-refractivity contribution is -0.141. The van der Waals surface area contributed by atoms with Crippen LogP contribution in [0.25, 0.3) is 4.85 Å². The van der Waals surface area contributed by atoms with E-state index in [1.165, 1.54) is 6.92 Å². The predicted octanol–water partition coefficient (Wildman–Crippen LogP) is 2.08. The molecule has 0 aliphatic rings. The second-order valence-corrected chi connectivity index (χ2v) is 3.28. The molecule has 0 aliphatic carbocycles. The summed E-state index contributed by atoms with van der Waals surface area (Å²) in [6.07, 6.45) is 0.623. The molecule has 0 fully saturated rings. The summed E-state index contributed by atoms with van der Waals surface area (Å²) in [6.45, 7) is 8.51. The van der Waals surface area contributed by atoms with E-state index in [0.29, 0.717) is 6.42 Å². The van der Waals surface area contributed by atoms with Crippen LogP contribution < -0.4 is 0 Å². The van der Waals surface area contributed by atoms with Gasteiger partial charge in [-0.25, -0.2) is 6.57 Å². The molecular weight excluding hydrogens is 190 g/mol. The molecule has 0 radical (unpaired) electrons. The number of hydrogen-bond donors (Lipinski definition) is 0. The Balaban J connectivity index is 2.48. The van der Waals surface area contributed by atoms with E-state index in [-0.39, 0.29) is 18.6 Å². The van der Waals surface area contributed by atoms with Crippen LogP contribution >= 0.6 is 0 Å². The van der Waals surface area contributed by atoms with Gasteiger partial charge in [0.15, 0.2) is 6.61 Å². The van der Waals surface area contributed by atoms with Crippen molar-refractivity contribution in [2.45, 2.75) is 19.4 Å². The number of nitrogens with zero attached hydrogens (tertiary/aromatic N) is 1. The molecule has 78 valence electrons. The van der Waals surface area contributed by atoms with Crippen LogP contribution in [-0.4, -0.2) is 18.6 Å². The third-order valence-electron chi connectivity index (χ3n) is 1.98. The van der Waals surface area contributed by atoms with Gasteiger partial charge in [0, 0.05) is 6.92 Å². The van der Waals surface area contributed by atoms with Gasteiger partial charge >= 0.3 is 5.97 Å². The van der Waals surface area contributed by atoms with Crippen molar-refractivity contribution in [2.24, 2.45) is 0 Å². The molecule has 0 spiro atoms. The van der Waals surface area contributed by atoms with Crippen LogP contribution in [0.1, 0.15) is 12.5 Å². The molecule has 0 heterocycles. The molecule has 0 aromatic heterocycles. The summed E-state index contributed by atoms with van der Waals surface area (Å²) >= 11 is 0. The van der Waals surface area contributed by atoms with Gasteiger partial charge in [-0.15, -0.1) is 0 Å². The molecule has 1 aromatic rings. The van der Waals surface area contributed by atoms with Crippen LogP contribution in [0.4, 0.5) is 0 Å². The fourth-order valence-electron chi connectivity index (χ4n) is 1.24. The Hall–Kier alpha value is -1.82. The Bertz CT molecular complexity index is 354. The molecule has 0 bridgehead atoms. The van der Waals surface area contributed by atoms with Gasteiger partial charge in [0.05, 0.1) is 6.42 Å². The fourth-order valence-corrected chi connectivity index (χ4v) is 1.24. The molecule has 0 unspecified atom stereocenters. The Morgan fingerprint density at radius 2 is 2.13 bits per heavy atom. The molecule has 1 aromatic carbocycles. The van der Waals surface area contributed by atoms with Crippen LogP contribution in [-0.2, 0) is 16.0 Å². The van der Waals surface area contributed by atoms with Crippen molar-refractivity contribution in [3.8, 4) is 0 Å². The van der Waals surface area contributed by atoms with Gasteiger partial charge in [-0.2, -0.15) is 0 Å². The van der Waals surface area contributed by atoms with Crippen molar-refractivity contribution in [3.05, 3.63) is 47.3 Å². The second kappa shape index (κ2) is 5.82. The van der Waals surface area contributed by atoms with E-state index in [1.807, 2.05) is 30.3 Å². The summed E-state index contributed by atoms with van der Waals surface area (Å²) in [5.74, 6) is -0.336. The molecule has 1 atom stereocenters. The van der Waals surface area contributed by atoms with Crippen molar-refractivity contribution in [2.75, 3.05) is 6.61 Å². The standard InChI is InChI=1S/C12H13NO2/c1-10(14)15-9-12(13-2)8-11-6-4-3-5-7-11/h3-7,12H,8-9H2,1H3/t12-/m1/s1. The SMILES string of the molecule is [C-]#[N+][C@@H](COC(C)=O)Cc1ccccc1. The van der Waals surface area contributed by atoms with Gasteiger partial charge in [-0.3, -0.25) is 4.79 Å². The Kier molecular flexibility index (Phi) is 4.36. The summed E-state index contributed by atoms with van der Waals surface area (Å²) < 4.78 is 4.81. The topological polar surface area (TPSA) is 30.7 Å². The predicted molar refractivity (Wildman–Crippen MR) is 57.2 cm³/mol. The smallest absolute Gasteiger partial charge is 0.302 e. The minimum absolute atomic E-state index is 0.174. The van der Waals surface area contributed by atoms with Crippen molar-refractivity contribution < 1.29 is 9.53 Å². The van der Waals surface area contributed by atoms with E-state index in [1.54, 1.807) is 0 Å². The molecule has 1 rings (SSSR count). The van der Waals surface area contributed by atoms with Crippen molar-refractivity contribution in [1.29, 1.82) is 0 Å². The molecule has 3 nitrogen and oxygen atoms in total. The number of carbonyl (C=O) groups excluding carboxylic acids is 1.